The van der Waals surface area contributed by atoms with Crippen molar-refractivity contribution < 1.29 is 9.47 Å². The molecule has 0 spiro atoms. The van der Waals surface area contributed by atoms with Crippen LogP contribution in [0.5, 0.6) is 11.5 Å². The highest BCUT2D eigenvalue weighted by atomic mass is 35.5. The van der Waals surface area contributed by atoms with Gasteiger partial charge in [-0.3, -0.25) is 0 Å². The lowest BCUT2D eigenvalue weighted by atomic mass is 10.1. The summed E-state index contributed by atoms with van der Waals surface area (Å²) in [4.78, 5) is 0. The van der Waals surface area contributed by atoms with Crippen LogP contribution >= 0.6 is 11.6 Å². The van der Waals surface area contributed by atoms with Crippen LogP contribution in [0.2, 0.25) is 5.02 Å². The Hall–Kier alpha value is -2.49. The molecular formula is C23H24ClNO2. The van der Waals surface area contributed by atoms with Crippen molar-refractivity contribution in [1.29, 1.82) is 0 Å². The highest BCUT2D eigenvalue weighted by Crippen LogP contribution is 2.24. The molecule has 1 N–H and O–H groups in total. The van der Waals surface area contributed by atoms with Crippen LogP contribution in [0.3, 0.4) is 0 Å². The number of aryl methyl sites for hydroxylation is 1. The predicted molar refractivity (Wildman–Crippen MR) is 111 cm³/mol. The van der Waals surface area contributed by atoms with Gasteiger partial charge in [0, 0.05) is 29.2 Å². The maximum absolute atomic E-state index is 6.20. The Morgan fingerprint density at radius 2 is 1.67 bits per heavy atom. The summed E-state index contributed by atoms with van der Waals surface area (Å²) < 4.78 is 11.5. The molecule has 3 rings (SSSR count). The maximum atomic E-state index is 6.20. The van der Waals surface area contributed by atoms with E-state index in [1.807, 2.05) is 42.5 Å². The van der Waals surface area contributed by atoms with E-state index in [9.17, 15) is 0 Å². The highest BCUT2D eigenvalue weighted by molar-refractivity contribution is 6.30. The highest BCUT2D eigenvalue weighted by Gasteiger charge is 2.07. The zero-order valence-corrected chi connectivity index (χ0v) is 16.4. The molecule has 27 heavy (non-hydrogen) atoms. The van der Waals surface area contributed by atoms with Crippen molar-refractivity contribution in [3.8, 4) is 11.5 Å². The maximum Gasteiger partial charge on any atom is 0.124 e. The Labute approximate surface area is 165 Å². The number of para-hydroxylation sites is 1. The molecule has 0 radical (unpaired) electrons. The minimum Gasteiger partial charge on any atom is -0.496 e. The second-order valence-corrected chi connectivity index (χ2v) is 6.88. The van der Waals surface area contributed by atoms with Crippen LogP contribution in [0.1, 0.15) is 22.3 Å². The Balaban J connectivity index is 1.65. The third kappa shape index (κ3) is 5.49. The average Bonchev–Trinajstić information content (AvgIpc) is 2.68. The minimum atomic E-state index is 0.531. The quantitative estimate of drug-likeness (QED) is 0.556. The monoisotopic (exact) mass is 381 g/mol. The van der Waals surface area contributed by atoms with Gasteiger partial charge in [0.15, 0.2) is 0 Å². The van der Waals surface area contributed by atoms with Crippen molar-refractivity contribution in [3.63, 3.8) is 0 Å². The number of methoxy groups -OCH3 is 1. The minimum absolute atomic E-state index is 0.531. The third-order valence-electron chi connectivity index (χ3n) is 4.32. The van der Waals surface area contributed by atoms with Crippen LogP contribution < -0.4 is 14.8 Å². The lowest BCUT2D eigenvalue weighted by Crippen LogP contribution is -2.14. The van der Waals surface area contributed by atoms with Crippen LogP contribution in [0.15, 0.2) is 66.7 Å². The standard InChI is InChI=1S/C23H24ClNO2/c1-17-6-5-7-18(12-17)16-27-23-11-10-21(24)13-20(23)15-25-14-19-8-3-4-9-22(19)26-2/h3-13,25H,14-16H2,1-2H3. The van der Waals surface area contributed by atoms with Gasteiger partial charge < -0.3 is 14.8 Å². The molecule has 0 bridgehead atoms. The van der Waals surface area contributed by atoms with Crippen LogP contribution in [-0.4, -0.2) is 7.11 Å². The van der Waals surface area contributed by atoms with Gasteiger partial charge in [-0.1, -0.05) is 59.6 Å². The molecule has 0 saturated carbocycles. The summed E-state index contributed by atoms with van der Waals surface area (Å²) in [6, 6.07) is 22.1. The van der Waals surface area contributed by atoms with Crippen LogP contribution in [-0.2, 0) is 19.7 Å². The Kier molecular flexibility index (Phi) is 6.74. The Morgan fingerprint density at radius 1 is 0.852 bits per heavy atom. The van der Waals surface area contributed by atoms with Gasteiger partial charge in [-0.05, 0) is 36.8 Å². The molecule has 3 aromatic carbocycles. The van der Waals surface area contributed by atoms with E-state index in [1.54, 1.807) is 7.11 Å². The molecule has 0 fully saturated rings. The van der Waals surface area contributed by atoms with Crippen LogP contribution in [0, 0.1) is 6.92 Å². The van der Waals surface area contributed by atoms with E-state index in [4.69, 9.17) is 21.1 Å². The van der Waals surface area contributed by atoms with E-state index in [2.05, 4.69) is 36.5 Å². The summed E-state index contributed by atoms with van der Waals surface area (Å²) in [6.07, 6.45) is 0. The molecule has 0 aliphatic rings. The molecule has 0 aromatic heterocycles. The van der Waals surface area contributed by atoms with Crippen LogP contribution in [0.25, 0.3) is 0 Å². The smallest absolute Gasteiger partial charge is 0.124 e. The molecule has 0 atom stereocenters. The number of halogens is 1. The van der Waals surface area contributed by atoms with E-state index in [0.717, 1.165) is 28.2 Å². The summed E-state index contributed by atoms with van der Waals surface area (Å²) >= 11 is 6.20. The first-order chi connectivity index (χ1) is 13.2. The summed E-state index contributed by atoms with van der Waals surface area (Å²) in [5.41, 5.74) is 4.53. The lowest BCUT2D eigenvalue weighted by molar-refractivity contribution is 0.302. The van der Waals surface area contributed by atoms with Gasteiger partial charge in [-0.25, -0.2) is 0 Å². The van der Waals surface area contributed by atoms with Crippen molar-refractivity contribution in [2.75, 3.05) is 7.11 Å². The topological polar surface area (TPSA) is 30.5 Å². The molecule has 3 nitrogen and oxygen atoms in total. The fourth-order valence-electron chi connectivity index (χ4n) is 2.97. The molecule has 0 aliphatic heterocycles. The summed E-state index contributed by atoms with van der Waals surface area (Å²) in [7, 11) is 1.69. The third-order valence-corrected chi connectivity index (χ3v) is 4.56. The molecule has 0 heterocycles. The number of hydrogen-bond acceptors (Lipinski definition) is 3. The average molecular weight is 382 g/mol. The fourth-order valence-corrected chi connectivity index (χ4v) is 3.17. The van der Waals surface area contributed by atoms with E-state index in [1.165, 1.54) is 5.56 Å². The summed E-state index contributed by atoms with van der Waals surface area (Å²) in [5.74, 6) is 1.72. The zero-order chi connectivity index (χ0) is 19.1. The molecule has 3 aromatic rings. The number of ether oxygens (including phenoxy) is 2. The number of rotatable bonds is 8. The Morgan fingerprint density at radius 3 is 2.48 bits per heavy atom. The lowest BCUT2D eigenvalue weighted by Gasteiger charge is -2.14. The van der Waals surface area contributed by atoms with E-state index < -0.39 is 0 Å². The predicted octanol–water partition coefficient (Wildman–Crippen LogP) is 5.53. The van der Waals surface area contributed by atoms with Crippen molar-refractivity contribution >= 4 is 11.6 Å². The largest absolute Gasteiger partial charge is 0.496 e. The first-order valence-electron chi connectivity index (χ1n) is 8.95. The van der Waals surface area contributed by atoms with E-state index >= 15 is 0 Å². The molecule has 0 aliphatic carbocycles. The molecule has 0 saturated heterocycles. The van der Waals surface area contributed by atoms with Crippen molar-refractivity contribution in [1.82, 2.24) is 5.32 Å². The second-order valence-electron chi connectivity index (χ2n) is 6.45. The van der Waals surface area contributed by atoms with Gasteiger partial charge in [0.25, 0.3) is 0 Å². The molecule has 0 unspecified atom stereocenters. The first-order valence-corrected chi connectivity index (χ1v) is 9.33. The zero-order valence-electron chi connectivity index (χ0n) is 15.7. The summed E-state index contributed by atoms with van der Waals surface area (Å²) in [5, 5.41) is 4.15. The normalized spacial score (nSPS) is 10.6. The van der Waals surface area contributed by atoms with Crippen LogP contribution in [0.4, 0.5) is 0 Å². The van der Waals surface area contributed by atoms with Crippen molar-refractivity contribution in [2.24, 2.45) is 0 Å². The molecule has 140 valence electrons. The summed E-state index contributed by atoms with van der Waals surface area (Å²) in [6.45, 7) is 3.97. The van der Waals surface area contributed by atoms with Crippen molar-refractivity contribution in [3.05, 3.63) is 94.0 Å². The van der Waals surface area contributed by atoms with Gasteiger partial charge in [0.2, 0.25) is 0 Å². The van der Waals surface area contributed by atoms with E-state index in [0.29, 0.717) is 24.7 Å². The SMILES string of the molecule is COc1ccccc1CNCc1cc(Cl)ccc1OCc1cccc(C)c1. The van der Waals surface area contributed by atoms with Gasteiger partial charge in [0.05, 0.1) is 7.11 Å². The molecule has 0 amide bonds. The number of nitrogens with one attached hydrogen (secondary N) is 1. The number of hydrogen-bond donors (Lipinski definition) is 1. The molecule has 4 heteroatoms. The van der Waals surface area contributed by atoms with Gasteiger partial charge in [-0.15, -0.1) is 0 Å². The number of benzene rings is 3. The van der Waals surface area contributed by atoms with Gasteiger partial charge in [-0.2, -0.15) is 0 Å². The van der Waals surface area contributed by atoms with Gasteiger partial charge in [0.1, 0.15) is 18.1 Å². The second kappa shape index (κ2) is 9.45. The van der Waals surface area contributed by atoms with Gasteiger partial charge >= 0.3 is 0 Å². The van der Waals surface area contributed by atoms with Crippen molar-refractivity contribution in [2.45, 2.75) is 26.6 Å². The first kappa shape index (κ1) is 19.3. The molecular weight excluding hydrogens is 358 g/mol. The Bertz CT molecular complexity index is 895. The van der Waals surface area contributed by atoms with E-state index in [-0.39, 0.29) is 0 Å². The fraction of sp³-hybridized carbons (Fsp3) is 0.217.